The zero-order valence-electron chi connectivity index (χ0n) is 26.5. The van der Waals surface area contributed by atoms with Gasteiger partial charge >= 0.3 is 0 Å². The molecule has 10 aromatic rings. The molecule has 49 heavy (non-hydrogen) atoms. The Morgan fingerprint density at radius 2 is 1.22 bits per heavy atom. The lowest BCUT2D eigenvalue weighted by Crippen LogP contribution is -2.28. The molecular weight excluding hydrogens is 597 g/mol. The molecule has 6 aromatic carbocycles. The molecule has 1 aliphatic carbocycles. The van der Waals surface area contributed by atoms with E-state index in [0.717, 1.165) is 11.5 Å². The minimum absolute atomic E-state index is 0.190. The minimum atomic E-state index is 0.190. The molecule has 2 unspecified atom stereocenters. The molecular formula is C45H28N4. The van der Waals surface area contributed by atoms with Crippen LogP contribution >= 0.6 is 0 Å². The van der Waals surface area contributed by atoms with Gasteiger partial charge in [0.25, 0.3) is 0 Å². The van der Waals surface area contributed by atoms with Crippen LogP contribution in [-0.4, -0.2) is 20.0 Å². The van der Waals surface area contributed by atoms with E-state index in [2.05, 4.69) is 172 Å². The number of benzene rings is 6. The predicted molar refractivity (Wildman–Crippen MR) is 204 cm³/mol. The van der Waals surface area contributed by atoms with Crippen LogP contribution in [0.4, 0.5) is 11.5 Å². The second-order valence-electron chi connectivity index (χ2n) is 13.6. The van der Waals surface area contributed by atoms with Gasteiger partial charge in [-0.15, -0.1) is 0 Å². The molecule has 4 nitrogen and oxygen atoms in total. The molecule has 0 spiro atoms. The average molecular weight is 625 g/mol. The molecule has 0 radical (unpaired) electrons. The molecule has 0 amide bonds. The van der Waals surface area contributed by atoms with Crippen LogP contribution in [-0.2, 0) is 0 Å². The fourth-order valence-corrected chi connectivity index (χ4v) is 9.16. The Morgan fingerprint density at radius 1 is 0.510 bits per heavy atom. The number of hydrogen-bond donors (Lipinski definition) is 0. The van der Waals surface area contributed by atoms with Gasteiger partial charge in [-0.05, 0) is 59.3 Å². The van der Waals surface area contributed by atoms with Crippen molar-refractivity contribution < 1.29 is 0 Å². The fraction of sp³-hybridized carbons (Fsp3) is 0.0444. The van der Waals surface area contributed by atoms with Crippen LogP contribution in [0.5, 0.6) is 0 Å². The van der Waals surface area contributed by atoms with Crippen LogP contribution in [0.15, 0.2) is 158 Å². The molecule has 5 heterocycles. The SMILES string of the molecule is C1=CC2c3cc(-n4c5cc6ccccc6cc5c5c6c7ccccc7n7c8ccccc8c(cc54)c67)cnc3N(c3ccccc3)C2C=C1. The lowest BCUT2D eigenvalue weighted by molar-refractivity contribution is 0.743. The van der Waals surface area contributed by atoms with Crippen LogP contribution in [0.25, 0.3) is 76.4 Å². The van der Waals surface area contributed by atoms with E-state index in [9.17, 15) is 0 Å². The molecule has 0 saturated carbocycles. The third-order valence-electron chi connectivity index (χ3n) is 11.1. The van der Waals surface area contributed by atoms with Crippen molar-refractivity contribution in [1.29, 1.82) is 0 Å². The third-order valence-corrected chi connectivity index (χ3v) is 11.1. The number of pyridine rings is 1. The van der Waals surface area contributed by atoms with E-state index in [1.807, 2.05) is 0 Å². The minimum Gasteiger partial charge on any atom is -0.318 e. The van der Waals surface area contributed by atoms with Gasteiger partial charge in [0.1, 0.15) is 5.82 Å². The number of allylic oxidation sites excluding steroid dienone is 2. The van der Waals surface area contributed by atoms with Crippen LogP contribution in [0.2, 0.25) is 0 Å². The van der Waals surface area contributed by atoms with Gasteiger partial charge in [0, 0.05) is 49.5 Å². The van der Waals surface area contributed by atoms with Crippen molar-refractivity contribution in [3.8, 4) is 5.69 Å². The second-order valence-corrected chi connectivity index (χ2v) is 13.6. The van der Waals surface area contributed by atoms with Crippen molar-refractivity contribution in [3.05, 3.63) is 163 Å². The molecule has 4 heteroatoms. The number of fused-ring (bicyclic) bond motifs is 14. The number of hydrogen-bond acceptors (Lipinski definition) is 2. The topological polar surface area (TPSA) is 25.5 Å². The van der Waals surface area contributed by atoms with Gasteiger partial charge in [0.05, 0.1) is 45.5 Å². The van der Waals surface area contributed by atoms with Gasteiger partial charge < -0.3 is 13.9 Å². The number of rotatable bonds is 2. The van der Waals surface area contributed by atoms with Gasteiger partial charge in [-0.25, -0.2) is 4.98 Å². The number of para-hydroxylation sites is 3. The Bertz CT molecular complexity index is 3070. The first-order valence-corrected chi connectivity index (χ1v) is 17.1. The quantitative estimate of drug-likeness (QED) is 0.191. The molecule has 0 fully saturated rings. The van der Waals surface area contributed by atoms with Crippen molar-refractivity contribution >= 4 is 82.2 Å². The Morgan fingerprint density at radius 3 is 2.08 bits per heavy atom. The fourth-order valence-electron chi connectivity index (χ4n) is 9.16. The number of aromatic nitrogens is 3. The summed E-state index contributed by atoms with van der Waals surface area (Å²) in [5.41, 5.74) is 9.73. The Hall–Kier alpha value is -6.39. The first kappa shape index (κ1) is 25.7. The average Bonchev–Trinajstić information content (AvgIpc) is 3.87. The van der Waals surface area contributed by atoms with Gasteiger partial charge in [0.15, 0.2) is 0 Å². The van der Waals surface area contributed by atoms with E-state index in [-0.39, 0.29) is 12.0 Å². The molecule has 12 rings (SSSR count). The molecule has 228 valence electrons. The van der Waals surface area contributed by atoms with E-state index in [4.69, 9.17) is 4.98 Å². The van der Waals surface area contributed by atoms with Crippen molar-refractivity contribution in [2.24, 2.45) is 0 Å². The van der Waals surface area contributed by atoms with E-state index in [0.29, 0.717) is 0 Å². The van der Waals surface area contributed by atoms with Gasteiger partial charge in [0.2, 0.25) is 0 Å². The molecule has 2 atom stereocenters. The highest BCUT2D eigenvalue weighted by Gasteiger charge is 2.39. The summed E-state index contributed by atoms with van der Waals surface area (Å²) in [4.78, 5) is 7.70. The van der Waals surface area contributed by atoms with Crippen molar-refractivity contribution in [2.45, 2.75) is 12.0 Å². The first-order chi connectivity index (χ1) is 24.3. The molecule has 1 aliphatic heterocycles. The lowest BCUT2D eigenvalue weighted by atomic mass is 9.92. The van der Waals surface area contributed by atoms with Crippen LogP contribution in [0.3, 0.4) is 0 Å². The first-order valence-electron chi connectivity index (χ1n) is 17.1. The molecule has 0 bridgehead atoms. The summed E-state index contributed by atoms with van der Waals surface area (Å²) in [6.07, 6.45) is 11.1. The highest BCUT2D eigenvalue weighted by Crippen LogP contribution is 2.50. The zero-order valence-corrected chi connectivity index (χ0v) is 26.5. The molecule has 0 N–H and O–H groups in total. The monoisotopic (exact) mass is 624 g/mol. The largest absolute Gasteiger partial charge is 0.318 e. The summed E-state index contributed by atoms with van der Waals surface area (Å²) in [5.74, 6) is 1.25. The summed E-state index contributed by atoms with van der Waals surface area (Å²) in [6.45, 7) is 0. The summed E-state index contributed by atoms with van der Waals surface area (Å²) < 4.78 is 4.97. The van der Waals surface area contributed by atoms with Crippen LogP contribution < -0.4 is 4.90 Å². The Labute approximate surface area is 281 Å². The number of anilines is 2. The highest BCUT2D eigenvalue weighted by atomic mass is 15.2. The zero-order chi connectivity index (χ0) is 31.8. The van der Waals surface area contributed by atoms with Crippen molar-refractivity contribution in [1.82, 2.24) is 14.0 Å². The van der Waals surface area contributed by atoms with E-state index >= 15 is 0 Å². The van der Waals surface area contributed by atoms with Crippen molar-refractivity contribution in [3.63, 3.8) is 0 Å². The third kappa shape index (κ3) is 3.21. The summed E-state index contributed by atoms with van der Waals surface area (Å²) >= 11 is 0. The Balaban J connectivity index is 1.24. The molecule has 0 saturated heterocycles. The molecule has 2 aliphatic rings. The van der Waals surface area contributed by atoms with Gasteiger partial charge in [-0.3, -0.25) is 0 Å². The summed E-state index contributed by atoms with van der Waals surface area (Å²) in [6, 6.07) is 47.0. The van der Waals surface area contributed by atoms with Gasteiger partial charge in [-0.2, -0.15) is 0 Å². The highest BCUT2D eigenvalue weighted by molar-refractivity contribution is 6.36. The standard InChI is InChI=1S/C45H28N4/c1-2-14-29(15-3-1)48-37-19-9-7-17-32(37)35-24-30(26-46-45(35)48)47-40-23-28-13-5-4-12-27(28)22-36(40)42-41(47)25-34-31-16-6-10-20-38(31)49-39-21-11-8-18-33(39)43(42)44(34)49/h1-26,32,37H. The maximum Gasteiger partial charge on any atom is 0.137 e. The summed E-state index contributed by atoms with van der Waals surface area (Å²) in [7, 11) is 0. The number of nitrogens with zero attached hydrogens (tertiary/aromatic N) is 4. The maximum atomic E-state index is 5.30. The van der Waals surface area contributed by atoms with E-state index in [1.54, 1.807) is 0 Å². The predicted octanol–water partition coefficient (Wildman–Crippen LogP) is 11.2. The van der Waals surface area contributed by atoms with Gasteiger partial charge in [-0.1, -0.05) is 103 Å². The second kappa shape index (κ2) is 9.15. The Kier molecular flexibility index (Phi) is 4.79. The molecule has 4 aromatic heterocycles. The van der Waals surface area contributed by atoms with Crippen LogP contribution in [0.1, 0.15) is 11.5 Å². The smallest absolute Gasteiger partial charge is 0.137 e. The normalized spacial score (nSPS) is 17.2. The van der Waals surface area contributed by atoms with Crippen LogP contribution in [0, 0.1) is 0 Å². The van der Waals surface area contributed by atoms with E-state index in [1.165, 1.54) is 81.9 Å². The van der Waals surface area contributed by atoms with Crippen molar-refractivity contribution in [2.75, 3.05) is 4.90 Å². The lowest BCUT2D eigenvalue weighted by Gasteiger charge is -2.27. The summed E-state index contributed by atoms with van der Waals surface area (Å²) in [5, 5.41) is 10.2. The van der Waals surface area contributed by atoms with E-state index < -0.39 is 0 Å². The maximum absolute atomic E-state index is 5.30.